The van der Waals surface area contributed by atoms with Crippen LogP contribution in [0.2, 0.25) is 0 Å². The number of nitrogens with one attached hydrogen (secondary N) is 1. The van der Waals surface area contributed by atoms with Crippen molar-refractivity contribution in [3.05, 3.63) is 36.3 Å². The standard InChI is InChI=1S/C27H36N8O/c1-26(2)17-34(13-12-33(26)4)20-8-9-22(28-16-20)30-25-29-15-19-14-21-24(36)32(3)18-27(10-6-5-7-11-27)35(21)23(19)31-25/h8-9,14-16H,5-7,10-13,17-18H2,1-4H3,(H,28,29,30,31). The number of anilines is 3. The van der Waals surface area contributed by atoms with Gasteiger partial charge in [-0.15, -0.1) is 0 Å². The first-order valence-corrected chi connectivity index (χ1v) is 13.1. The Morgan fingerprint density at radius 3 is 2.50 bits per heavy atom. The van der Waals surface area contributed by atoms with Crippen molar-refractivity contribution in [2.45, 2.75) is 57.0 Å². The summed E-state index contributed by atoms with van der Waals surface area (Å²) in [5, 5.41) is 4.20. The van der Waals surface area contributed by atoms with E-state index in [2.05, 4.69) is 56.6 Å². The Hall–Kier alpha value is -3.20. The predicted molar refractivity (Wildman–Crippen MR) is 142 cm³/mol. The fourth-order valence-electron chi connectivity index (χ4n) is 6.28. The van der Waals surface area contributed by atoms with Gasteiger partial charge in [-0.25, -0.2) is 9.97 Å². The molecule has 1 spiro atoms. The number of aromatic nitrogens is 4. The normalized spacial score (nSPS) is 21.7. The lowest BCUT2D eigenvalue weighted by molar-refractivity contribution is 0.0543. The molecule has 9 heteroatoms. The fraction of sp³-hybridized carbons (Fsp3) is 0.556. The van der Waals surface area contributed by atoms with Gasteiger partial charge >= 0.3 is 0 Å². The van der Waals surface area contributed by atoms with E-state index >= 15 is 0 Å². The molecule has 1 aliphatic carbocycles. The predicted octanol–water partition coefficient (Wildman–Crippen LogP) is 3.85. The first-order chi connectivity index (χ1) is 17.3. The van der Waals surface area contributed by atoms with Gasteiger partial charge in [-0.05, 0) is 51.9 Å². The molecule has 0 atom stereocenters. The zero-order valence-electron chi connectivity index (χ0n) is 21.8. The van der Waals surface area contributed by atoms with E-state index in [1.54, 1.807) is 0 Å². The van der Waals surface area contributed by atoms with Crippen molar-refractivity contribution in [1.29, 1.82) is 0 Å². The molecule has 190 valence electrons. The van der Waals surface area contributed by atoms with Crippen LogP contribution in [0.25, 0.3) is 11.0 Å². The fourth-order valence-corrected chi connectivity index (χ4v) is 6.28. The molecule has 0 bridgehead atoms. The van der Waals surface area contributed by atoms with Crippen LogP contribution in [0.15, 0.2) is 30.6 Å². The summed E-state index contributed by atoms with van der Waals surface area (Å²) in [5.41, 5.74) is 2.73. The average Bonchev–Trinajstić information content (AvgIpc) is 3.25. The Morgan fingerprint density at radius 2 is 1.78 bits per heavy atom. The number of hydrogen-bond acceptors (Lipinski definition) is 7. The van der Waals surface area contributed by atoms with Gasteiger partial charge in [0.25, 0.3) is 5.91 Å². The molecule has 3 aliphatic rings. The van der Waals surface area contributed by atoms with Crippen molar-refractivity contribution in [2.75, 3.05) is 50.5 Å². The summed E-state index contributed by atoms with van der Waals surface area (Å²) in [6.07, 6.45) is 9.49. The van der Waals surface area contributed by atoms with E-state index in [0.717, 1.165) is 61.4 Å². The molecule has 1 saturated carbocycles. The summed E-state index contributed by atoms with van der Waals surface area (Å²) in [6, 6.07) is 6.06. The Balaban J connectivity index is 1.28. The van der Waals surface area contributed by atoms with Crippen LogP contribution < -0.4 is 10.2 Å². The van der Waals surface area contributed by atoms with E-state index < -0.39 is 0 Å². The van der Waals surface area contributed by atoms with Crippen molar-refractivity contribution >= 4 is 34.4 Å². The molecule has 2 aliphatic heterocycles. The highest BCUT2D eigenvalue weighted by molar-refractivity contribution is 5.99. The minimum atomic E-state index is -0.0835. The smallest absolute Gasteiger partial charge is 0.270 e. The molecule has 0 unspecified atom stereocenters. The van der Waals surface area contributed by atoms with Crippen LogP contribution in [0.4, 0.5) is 17.5 Å². The average molecular weight is 489 g/mol. The van der Waals surface area contributed by atoms with Gasteiger partial charge < -0.3 is 19.7 Å². The minimum absolute atomic E-state index is 0.0584. The van der Waals surface area contributed by atoms with Gasteiger partial charge in [0.05, 0.1) is 17.4 Å². The number of nitrogens with zero attached hydrogens (tertiary/aromatic N) is 7. The molecular weight excluding hydrogens is 452 g/mol. The molecule has 3 aromatic rings. The highest BCUT2D eigenvalue weighted by Gasteiger charge is 2.43. The van der Waals surface area contributed by atoms with E-state index in [4.69, 9.17) is 4.98 Å². The van der Waals surface area contributed by atoms with Gasteiger partial charge in [0.15, 0.2) is 0 Å². The number of carbonyl (C=O) groups is 1. The van der Waals surface area contributed by atoms with Crippen molar-refractivity contribution in [1.82, 2.24) is 29.3 Å². The van der Waals surface area contributed by atoms with Crippen LogP contribution in [0.3, 0.4) is 0 Å². The van der Waals surface area contributed by atoms with Gasteiger partial charge in [-0.3, -0.25) is 9.69 Å². The van der Waals surface area contributed by atoms with Crippen molar-refractivity contribution < 1.29 is 4.79 Å². The van der Waals surface area contributed by atoms with Crippen LogP contribution in [0.5, 0.6) is 0 Å². The largest absolute Gasteiger partial charge is 0.367 e. The van der Waals surface area contributed by atoms with Crippen LogP contribution in [0.1, 0.15) is 56.4 Å². The van der Waals surface area contributed by atoms with Gasteiger partial charge in [0.1, 0.15) is 17.2 Å². The minimum Gasteiger partial charge on any atom is -0.367 e. The van der Waals surface area contributed by atoms with E-state index in [-0.39, 0.29) is 17.0 Å². The molecule has 1 amide bonds. The Morgan fingerprint density at radius 1 is 0.972 bits per heavy atom. The maximum absolute atomic E-state index is 13.0. The SMILES string of the molecule is CN1CC2(CCCCC2)n2c(cc3cnc(Nc4ccc(N5CCN(C)C(C)(C)C5)cn4)nc32)C1=O. The number of carbonyl (C=O) groups excluding carboxylic acids is 1. The summed E-state index contributed by atoms with van der Waals surface area (Å²) in [7, 11) is 4.10. The maximum Gasteiger partial charge on any atom is 0.270 e. The lowest BCUT2D eigenvalue weighted by Gasteiger charge is -2.46. The highest BCUT2D eigenvalue weighted by atomic mass is 16.2. The maximum atomic E-state index is 13.0. The summed E-state index contributed by atoms with van der Waals surface area (Å²) in [5.74, 6) is 1.27. The van der Waals surface area contributed by atoms with Gasteiger partial charge in [-0.1, -0.05) is 19.3 Å². The number of amides is 1. The summed E-state index contributed by atoms with van der Waals surface area (Å²) < 4.78 is 2.22. The van der Waals surface area contributed by atoms with Crippen molar-refractivity contribution in [3.63, 3.8) is 0 Å². The lowest BCUT2D eigenvalue weighted by atomic mass is 9.79. The third kappa shape index (κ3) is 3.80. The Kier molecular flexibility index (Phi) is 5.44. The molecule has 6 rings (SSSR count). The molecule has 1 saturated heterocycles. The molecule has 0 aromatic carbocycles. The molecule has 3 aromatic heterocycles. The third-order valence-corrected chi connectivity index (χ3v) is 8.57. The molecule has 0 radical (unpaired) electrons. The molecule has 5 heterocycles. The third-order valence-electron chi connectivity index (χ3n) is 8.57. The van der Waals surface area contributed by atoms with Gasteiger partial charge in [0.2, 0.25) is 5.95 Å². The van der Waals surface area contributed by atoms with E-state index in [0.29, 0.717) is 11.8 Å². The second-order valence-corrected chi connectivity index (χ2v) is 11.5. The molecule has 36 heavy (non-hydrogen) atoms. The molecular formula is C27H36N8O. The van der Waals surface area contributed by atoms with Crippen molar-refractivity contribution in [2.24, 2.45) is 0 Å². The summed E-state index contributed by atoms with van der Waals surface area (Å²) in [4.78, 5) is 33.8. The molecule has 9 nitrogen and oxygen atoms in total. The number of piperazine rings is 1. The highest BCUT2D eigenvalue weighted by Crippen LogP contribution is 2.42. The van der Waals surface area contributed by atoms with Gasteiger partial charge in [-0.2, -0.15) is 4.98 Å². The number of fused-ring (bicyclic) bond motifs is 4. The van der Waals surface area contributed by atoms with E-state index in [1.807, 2.05) is 36.5 Å². The number of likely N-dealkylation sites (N-methyl/N-ethyl adjacent to an activating group) is 2. The van der Waals surface area contributed by atoms with Crippen molar-refractivity contribution in [3.8, 4) is 0 Å². The zero-order chi connectivity index (χ0) is 25.1. The second-order valence-electron chi connectivity index (χ2n) is 11.5. The van der Waals surface area contributed by atoms with E-state index in [1.165, 1.54) is 19.3 Å². The first kappa shape index (κ1) is 23.2. The van der Waals surface area contributed by atoms with Crippen LogP contribution >= 0.6 is 0 Å². The second kappa shape index (κ2) is 8.44. The lowest BCUT2D eigenvalue weighted by Crippen LogP contribution is -2.57. The van der Waals surface area contributed by atoms with Crippen LogP contribution in [-0.2, 0) is 5.54 Å². The van der Waals surface area contributed by atoms with E-state index in [9.17, 15) is 4.79 Å². The van der Waals surface area contributed by atoms with Crippen LogP contribution in [0, 0.1) is 0 Å². The summed E-state index contributed by atoms with van der Waals surface area (Å²) in [6.45, 7) is 8.28. The van der Waals surface area contributed by atoms with Gasteiger partial charge in [0, 0.05) is 50.3 Å². The quantitative estimate of drug-likeness (QED) is 0.600. The topological polar surface area (TPSA) is 82.4 Å². The Labute approximate surface area is 212 Å². The first-order valence-electron chi connectivity index (χ1n) is 13.1. The number of rotatable bonds is 3. The number of hydrogen-bond donors (Lipinski definition) is 1. The monoisotopic (exact) mass is 488 g/mol. The molecule has 1 N–H and O–H groups in total. The zero-order valence-corrected chi connectivity index (χ0v) is 21.8. The summed E-state index contributed by atoms with van der Waals surface area (Å²) >= 11 is 0. The number of pyridine rings is 1. The Bertz CT molecular complexity index is 1290. The van der Waals surface area contributed by atoms with Crippen LogP contribution in [-0.4, -0.2) is 81.0 Å². The molecule has 2 fully saturated rings.